The van der Waals surface area contributed by atoms with Gasteiger partial charge in [0.2, 0.25) is 0 Å². The first-order chi connectivity index (χ1) is 6.20. The van der Waals surface area contributed by atoms with Gasteiger partial charge in [0.25, 0.3) is 0 Å². The van der Waals surface area contributed by atoms with Crippen LogP contribution in [0.3, 0.4) is 0 Å². The van der Waals surface area contributed by atoms with Crippen LogP contribution in [0, 0.1) is 0 Å². The molecule has 0 aliphatic heterocycles. The van der Waals surface area contributed by atoms with Gasteiger partial charge < -0.3 is 0 Å². The maximum Gasteiger partial charge on any atom is 0.0201 e. The maximum absolute atomic E-state index is 2.66. The Balaban J connectivity index is 0. The minimum Gasteiger partial charge on any atom is -0.298 e. The molecule has 0 spiro atoms. The van der Waals surface area contributed by atoms with Crippen molar-refractivity contribution in [3.63, 3.8) is 0 Å². The Hall–Kier alpha value is 0.700. The number of rotatable bonds is 7. The van der Waals surface area contributed by atoms with Crippen LogP contribution in [0.2, 0.25) is 0 Å². The summed E-state index contributed by atoms with van der Waals surface area (Å²) in [6, 6.07) is 0. The van der Waals surface area contributed by atoms with Crippen molar-refractivity contribution in [2.45, 2.75) is 65.8 Å². The Morgan fingerprint density at radius 1 is 0.857 bits per heavy atom. The molecule has 0 aliphatic carbocycles. The maximum atomic E-state index is 2.66. The van der Waals surface area contributed by atoms with Crippen LogP contribution in [0.1, 0.15) is 60.3 Å². The standard InChI is InChI=1S/C12H27N.Ta/c1-6-11-13(10-5)12(7-2,8-3)9-4;/h6-11H2,1-5H3;. The Morgan fingerprint density at radius 2 is 1.29 bits per heavy atom. The fourth-order valence-corrected chi connectivity index (χ4v) is 2.42. The van der Waals surface area contributed by atoms with Crippen LogP contribution in [0.25, 0.3) is 0 Å². The van der Waals surface area contributed by atoms with E-state index in [1.165, 1.54) is 38.8 Å². The van der Waals surface area contributed by atoms with E-state index in [-0.39, 0.29) is 22.4 Å². The van der Waals surface area contributed by atoms with Crippen LogP contribution in [0.5, 0.6) is 0 Å². The summed E-state index contributed by atoms with van der Waals surface area (Å²) < 4.78 is 0. The van der Waals surface area contributed by atoms with Gasteiger partial charge in [0, 0.05) is 27.9 Å². The van der Waals surface area contributed by atoms with Gasteiger partial charge in [-0.05, 0) is 38.8 Å². The quantitative estimate of drug-likeness (QED) is 0.664. The normalized spacial score (nSPS) is 11.6. The van der Waals surface area contributed by atoms with Crippen molar-refractivity contribution in [3.05, 3.63) is 0 Å². The van der Waals surface area contributed by atoms with Crippen molar-refractivity contribution in [2.24, 2.45) is 0 Å². The fourth-order valence-electron chi connectivity index (χ4n) is 2.42. The molecule has 0 aromatic carbocycles. The molecule has 0 bridgehead atoms. The zero-order chi connectivity index (χ0) is 10.3. The number of hydrogen-bond acceptors (Lipinski definition) is 1. The van der Waals surface area contributed by atoms with Crippen LogP contribution in [0.4, 0.5) is 0 Å². The summed E-state index contributed by atoms with van der Waals surface area (Å²) in [5.41, 5.74) is 0.477. The molecule has 0 aliphatic rings. The van der Waals surface area contributed by atoms with Crippen LogP contribution >= 0.6 is 0 Å². The van der Waals surface area contributed by atoms with Gasteiger partial charge >= 0.3 is 0 Å². The average molecular weight is 366 g/mol. The summed E-state index contributed by atoms with van der Waals surface area (Å²) in [7, 11) is 0. The minimum atomic E-state index is 0. The molecule has 0 fully saturated rings. The molecule has 0 atom stereocenters. The third-order valence-corrected chi connectivity index (χ3v) is 3.52. The van der Waals surface area contributed by atoms with Gasteiger partial charge in [0.15, 0.2) is 0 Å². The first-order valence-corrected chi connectivity index (χ1v) is 5.95. The Kier molecular flexibility index (Phi) is 11.0. The molecule has 0 amide bonds. The largest absolute Gasteiger partial charge is 0.298 e. The molecule has 0 saturated heterocycles. The van der Waals surface area contributed by atoms with Crippen LogP contribution in [0.15, 0.2) is 0 Å². The second-order valence-electron chi connectivity index (χ2n) is 3.86. The van der Waals surface area contributed by atoms with Crippen molar-refractivity contribution < 1.29 is 22.4 Å². The molecule has 0 heterocycles. The van der Waals surface area contributed by atoms with Crippen LogP contribution in [-0.4, -0.2) is 23.5 Å². The third-order valence-electron chi connectivity index (χ3n) is 3.52. The van der Waals surface area contributed by atoms with E-state index >= 15 is 0 Å². The van der Waals surface area contributed by atoms with E-state index in [0.717, 1.165) is 0 Å². The summed E-state index contributed by atoms with van der Waals surface area (Å²) in [4.78, 5) is 2.66. The van der Waals surface area contributed by atoms with E-state index in [1.807, 2.05) is 0 Å². The molecular weight excluding hydrogens is 339 g/mol. The van der Waals surface area contributed by atoms with Gasteiger partial charge in [-0.25, -0.2) is 0 Å². The van der Waals surface area contributed by atoms with Crippen LogP contribution in [-0.2, 0) is 22.4 Å². The Morgan fingerprint density at radius 3 is 1.50 bits per heavy atom. The first kappa shape index (κ1) is 17.1. The topological polar surface area (TPSA) is 3.24 Å². The fraction of sp³-hybridized carbons (Fsp3) is 1.00. The van der Waals surface area contributed by atoms with E-state index in [0.29, 0.717) is 5.54 Å². The van der Waals surface area contributed by atoms with Gasteiger partial charge in [0.05, 0.1) is 0 Å². The molecule has 2 heteroatoms. The SMILES string of the molecule is CCCN(CC)C(CC)(CC)CC.[Ta]. The van der Waals surface area contributed by atoms with E-state index in [9.17, 15) is 0 Å². The number of nitrogens with zero attached hydrogens (tertiary/aromatic N) is 1. The van der Waals surface area contributed by atoms with Crippen molar-refractivity contribution >= 4 is 0 Å². The Bertz CT molecular complexity index is 113. The molecule has 85 valence electrons. The van der Waals surface area contributed by atoms with Crippen molar-refractivity contribution in [1.82, 2.24) is 4.90 Å². The summed E-state index contributed by atoms with van der Waals surface area (Å²) in [6.07, 6.45) is 5.13. The third kappa shape index (κ3) is 4.06. The van der Waals surface area contributed by atoms with E-state index in [1.54, 1.807) is 0 Å². The molecule has 0 saturated carbocycles. The smallest absolute Gasteiger partial charge is 0.0201 e. The van der Waals surface area contributed by atoms with E-state index in [2.05, 4.69) is 39.5 Å². The predicted molar refractivity (Wildman–Crippen MR) is 61.1 cm³/mol. The summed E-state index contributed by atoms with van der Waals surface area (Å²) in [6.45, 7) is 14.0. The predicted octanol–water partition coefficient (Wildman–Crippen LogP) is 3.68. The van der Waals surface area contributed by atoms with Crippen molar-refractivity contribution in [3.8, 4) is 0 Å². The van der Waals surface area contributed by atoms with Crippen molar-refractivity contribution in [2.75, 3.05) is 13.1 Å². The van der Waals surface area contributed by atoms with E-state index < -0.39 is 0 Å². The zero-order valence-electron chi connectivity index (χ0n) is 10.6. The van der Waals surface area contributed by atoms with E-state index in [4.69, 9.17) is 0 Å². The number of hydrogen-bond donors (Lipinski definition) is 0. The summed E-state index contributed by atoms with van der Waals surface area (Å²) >= 11 is 0. The second kappa shape index (κ2) is 8.96. The Labute approximate surface area is 106 Å². The molecule has 1 radical (unpaired) electrons. The molecule has 14 heavy (non-hydrogen) atoms. The zero-order valence-corrected chi connectivity index (χ0v) is 13.9. The molecular formula is C12H27NTa. The van der Waals surface area contributed by atoms with Gasteiger partial charge in [-0.2, -0.15) is 0 Å². The van der Waals surface area contributed by atoms with Crippen LogP contribution < -0.4 is 0 Å². The first-order valence-electron chi connectivity index (χ1n) is 5.95. The second-order valence-corrected chi connectivity index (χ2v) is 3.86. The van der Waals surface area contributed by atoms with Gasteiger partial charge in [-0.15, -0.1) is 0 Å². The average Bonchev–Trinajstić information content (AvgIpc) is 2.19. The van der Waals surface area contributed by atoms with Gasteiger partial charge in [0.1, 0.15) is 0 Å². The molecule has 0 aromatic heterocycles. The molecule has 0 aromatic rings. The monoisotopic (exact) mass is 366 g/mol. The summed E-state index contributed by atoms with van der Waals surface area (Å²) in [5.74, 6) is 0. The van der Waals surface area contributed by atoms with Gasteiger partial charge in [-0.1, -0.05) is 34.6 Å². The molecule has 1 nitrogen and oxygen atoms in total. The summed E-state index contributed by atoms with van der Waals surface area (Å²) in [5, 5.41) is 0. The molecule has 0 unspecified atom stereocenters. The minimum absolute atomic E-state index is 0. The van der Waals surface area contributed by atoms with Gasteiger partial charge in [-0.3, -0.25) is 4.90 Å². The van der Waals surface area contributed by atoms with Crippen molar-refractivity contribution in [1.29, 1.82) is 0 Å². The molecule has 0 rings (SSSR count). The molecule has 0 N–H and O–H groups in total.